The molecule has 1 aromatic rings. The maximum Gasteiger partial charge on any atom is 0.673 e. The fraction of sp³-hybridized carbons (Fsp3) is 0.333. The van der Waals surface area contributed by atoms with Crippen molar-refractivity contribution in [2.45, 2.75) is 4.90 Å². The van der Waals surface area contributed by atoms with Crippen LogP contribution in [0.4, 0.5) is 17.3 Å². The molecule has 1 rings (SSSR count). The fourth-order valence-electron chi connectivity index (χ4n) is 0.881. The van der Waals surface area contributed by atoms with Crippen LogP contribution in [0, 0.1) is 0 Å². The molecule has 1 aromatic carbocycles. The van der Waals surface area contributed by atoms with Crippen molar-refractivity contribution in [1.29, 1.82) is 0 Å². The molecule has 0 aliphatic rings. The molecule has 0 radical (unpaired) electrons. The van der Waals surface area contributed by atoms with E-state index in [1.54, 1.807) is 0 Å². The van der Waals surface area contributed by atoms with Crippen LogP contribution in [0.5, 0.6) is 0 Å². The molecule has 0 aromatic heterocycles. The van der Waals surface area contributed by atoms with Crippen LogP contribution in [-0.4, -0.2) is 36.3 Å². The van der Waals surface area contributed by atoms with Gasteiger partial charge in [-0.2, -0.15) is 0 Å². The van der Waals surface area contributed by atoms with Crippen LogP contribution in [0.3, 0.4) is 0 Å². The Morgan fingerprint density at radius 3 is 1.88 bits per heavy atom. The van der Waals surface area contributed by atoms with E-state index in [-0.39, 0.29) is 0 Å². The van der Waals surface area contributed by atoms with E-state index in [0.717, 1.165) is 4.90 Å². The van der Waals surface area contributed by atoms with Crippen LogP contribution in [0.15, 0.2) is 35.2 Å². The van der Waals surface area contributed by atoms with Gasteiger partial charge in [0.05, 0.1) is 16.7 Å². The predicted octanol–water partition coefficient (Wildman–Crippen LogP) is 2.61. The van der Waals surface area contributed by atoms with Crippen molar-refractivity contribution in [1.82, 2.24) is 4.90 Å². The summed E-state index contributed by atoms with van der Waals surface area (Å²) in [4.78, 5) is 2.81. The lowest BCUT2D eigenvalue weighted by Gasteiger charge is -2.08. The second-order valence-corrected chi connectivity index (χ2v) is 4.78. The van der Waals surface area contributed by atoms with Crippen LogP contribution in [-0.2, 0) is 10.8 Å². The van der Waals surface area contributed by atoms with Crippen molar-refractivity contribution >= 4 is 18.1 Å². The van der Waals surface area contributed by atoms with Gasteiger partial charge < -0.3 is 17.3 Å². The molecule has 0 bridgehead atoms. The number of halogens is 4. The lowest BCUT2D eigenvalue weighted by Crippen LogP contribution is -2.17. The second-order valence-electron chi connectivity index (χ2n) is 3.36. The summed E-state index contributed by atoms with van der Waals surface area (Å²) in [6, 6.07) is 9.52. The molecule has 0 spiro atoms. The Labute approximate surface area is 100 Å². The van der Waals surface area contributed by atoms with E-state index >= 15 is 0 Å². The van der Waals surface area contributed by atoms with Crippen molar-refractivity contribution in [2.24, 2.45) is 0 Å². The van der Waals surface area contributed by atoms with Gasteiger partial charge >= 0.3 is 7.25 Å². The zero-order valence-corrected chi connectivity index (χ0v) is 10.3. The van der Waals surface area contributed by atoms with Crippen LogP contribution in [0.2, 0.25) is 0 Å². The summed E-state index contributed by atoms with van der Waals surface area (Å²) in [5, 5.41) is 0. The van der Waals surface area contributed by atoms with Crippen LogP contribution >= 0.6 is 0 Å². The monoisotopic (exact) mass is 270 g/mol. The molecule has 0 saturated carbocycles. The van der Waals surface area contributed by atoms with E-state index in [0.29, 0.717) is 5.88 Å². The molecule has 0 saturated heterocycles. The summed E-state index contributed by atoms with van der Waals surface area (Å²) in [5.41, 5.74) is 0. The Morgan fingerprint density at radius 1 is 1.12 bits per heavy atom. The zero-order chi connectivity index (χ0) is 13.5. The topological polar surface area (TPSA) is 20.3 Å². The minimum atomic E-state index is -6.00. The predicted molar refractivity (Wildman–Crippen MR) is 61.6 cm³/mol. The third-order valence-electron chi connectivity index (χ3n) is 1.38. The standard InChI is InChI=1S/C9H13NOS.BF4/c1-10(2)8-12(11)9-6-4-3-5-7-9;2-1(3,4)5/h3-7H,8H2,1-2H3;/q;-1. The molecule has 2 nitrogen and oxygen atoms in total. The molecular formula is C9H13BF4NOS-. The summed E-state index contributed by atoms with van der Waals surface area (Å²) in [6.07, 6.45) is 0. The van der Waals surface area contributed by atoms with Gasteiger partial charge in [0.2, 0.25) is 0 Å². The minimum Gasteiger partial charge on any atom is -0.418 e. The highest BCUT2D eigenvalue weighted by molar-refractivity contribution is 7.85. The molecule has 0 N–H and O–H groups in total. The highest BCUT2D eigenvalue weighted by Gasteiger charge is 2.20. The molecule has 8 heteroatoms. The van der Waals surface area contributed by atoms with Crippen molar-refractivity contribution in [3.63, 3.8) is 0 Å². The quantitative estimate of drug-likeness (QED) is 0.621. The highest BCUT2D eigenvalue weighted by atomic mass is 32.2. The third-order valence-corrected chi connectivity index (χ3v) is 2.93. The first-order chi connectivity index (χ1) is 7.70. The normalized spacial score (nSPS) is 12.9. The van der Waals surface area contributed by atoms with Crippen molar-refractivity contribution in [3.05, 3.63) is 30.3 Å². The molecule has 0 heterocycles. The smallest absolute Gasteiger partial charge is 0.418 e. The average molecular weight is 270 g/mol. The Kier molecular flexibility index (Phi) is 7.06. The van der Waals surface area contributed by atoms with Gasteiger partial charge in [0.25, 0.3) is 0 Å². The molecule has 0 amide bonds. The van der Waals surface area contributed by atoms with Crippen molar-refractivity contribution in [3.8, 4) is 0 Å². The van der Waals surface area contributed by atoms with E-state index in [2.05, 4.69) is 0 Å². The SMILES string of the molecule is CN(C)CS(=O)c1ccccc1.F[B-](F)(F)F. The lowest BCUT2D eigenvalue weighted by atomic mass is 10.3. The molecule has 17 heavy (non-hydrogen) atoms. The fourth-order valence-corrected chi connectivity index (χ4v) is 1.96. The van der Waals surface area contributed by atoms with Gasteiger partial charge in [0.1, 0.15) is 0 Å². The summed E-state index contributed by atoms with van der Waals surface area (Å²) >= 11 is 0. The molecule has 0 aliphatic carbocycles. The first kappa shape index (κ1) is 16.1. The van der Waals surface area contributed by atoms with Gasteiger partial charge in [-0.25, -0.2) is 0 Å². The maximum absolute atomic E-state index is 11.5. The van der Waals surface area contributed by atoms with Gasteiger partial charge in [-0.05, 0) is 26.2 Å². The third kappa shape index (κ3) is 11.4. The number of rotatable bonds is 3. The minimum absolute atomic E-state index is 0.587. The number of hydrogen-bond acceptors (Lipinski definition) is 2. The Morgan fingerprint density at radius 2 is 1.53 bits per heavy atom. The molecule has 1 unspecified atom stereocenters. The van der Waals surface area contributed by atoms with E-state index in [9.17, 15) is 21.5 Å². The van der Waals surface area contributed by atoms with E-state index < -0.39 is 18.1 Å². The summed E-state index contributed by atoms with van der Waals surface area (Å²) in [7, 11) is -3.05. The Balaban J connectivity index is 0.000000437. The molecular weight excluding hydrogens is 257 g/mol. The lowest BCUT2D eigenvalue weighted by molar-refractivity contribution is 0.368. The molecule has 0 aliphatic heterocycles. The summed E-state index contributed by atoms with van der Waals surface area (Å²) in [5.74, 6) is 0.587. The van der Waals surface area contributed by atoms with Crippen molar-refractivity contribution < 1.29 is 21.5 Å². The Hall–Kier alpha value is -0.885. The highest BCUT2D eigenvalue weighted by Crippen LogP contribution is 2.06. The van der Waals surface area contributed by atoms with E-state index in [1.165, 1.54) is 0 Å². The van der Waals surface area contributed by atoms with Crippen LogP contribution in [0.25, 0.3) is 0 Å². The van der Waals surface area contributed by atoms with Crippen LogP contribution < -0.4 is 0 Å². The van der Waals surface area contributed by atoms with E-state index in [4.69, 9.17) is 0 Å². The summed E-state index contributed by atoms with van der Waals surface area (Å²) in [6.45, 7) is 0. The maximum atomic E-state index is 11.5. The summed E-state index contributed by atoms with van der Waals surface area (Å²) < 4.78 is 50.5. The van der Waals surface area contributed by atoms with E-state index in [1.807, 2.05) is 49.3 Å². The van der Waals surface area contributed by atoms with Gasteiger partial charge in [-0.15, -0.1) is 0 Å². The van der Waals surface area contributed by atoms with Gasteiger partial charge in [0.15, 0.2) is 0 Å². The van der Waals surface area contributed by atoms with Gasteiger partial charge in [-0.3, -0.25) is 9.11 Å². The molecule has 98 valence electrons. The first-order valence-corrected chi connectivity index (χ1v) is 5.97. The zero-order valence-electron chi connectivity index (χ0n) is 9.45. The second kappa shape index (κ2) is 7.44. The van der Waals surface area contributed by atoms with Crippen molar-refractivity contribution in [2.75, 3.05) is 20.0 Å². The number of nitrogens with zero attached hydrogens (tertiary/aromatic N) is 1. The number of hydrogen-bond donors (Lipinski definition) is 0. The molecule has 0 fully saturated rings. The van der Waals surface area contributed by atoms with Gasteiger partial charge in [0, 0.05) is 4.90 Å². The average Bonchev–Trinajstić information content (AvgIpc) is 2.15. The van der Waals surface area contributed by atoms with Gasteiger partial charge in [-0.1, -0.05) is 18.2 Å². The number of benzene rings is 1. The molecule has 1 atom stereocenters. The van der Waals surface area contributed by atoms with Crippen LogP contribution in [0.1, 0.15) is 0 Å². The first-order valence-electron chi connectivity index (χ1n) is 4.65. The Bertz CT molecular complexity index is 339. The largest absolute Gasteiger partial charge is 0.673 e.